The number of carbonyl (C=O) groups is 1. The number of hydrogen-bond acceptors (Lipinski definition) is 2. The van der Waals surface area contributed by atoms with Crippen LogP contribution in [0.15, 0.2) is 28.7 Å². The summed E-state index contributed by atoms with van der Waals surface area (Å²) < 4.78 is 6.40. The fourth-order valence-corrected chi connectivity index (χ4v) is 3.00. The van der Waals surface area contributed by atoms with Gasteiger partial charge < -0.3 is 10.1 Å². The summed E-state index contributed by atoms with van der Waals surface area (Å²) in [4.78, 5) is 12.0. The third-order valence-electron chi connectivity index (χ3n) is 3.34. The number of rotatable bonds is 2. The van der Waals surface area contributed by atoms with Crippen LogP contribution in [-0.2, 0) is 10.3 Å². The van der Waals surface area contributed by atoms with Gasteiger partial charge in [-0.05, 0) is 51.7 Å². The second-order valence-corrected chi connectivity index (χ2v) is 6.90. The van der Waals surface area contributed by atoms with Crippen molar-refractivity contribution in [3.8, 4) is 0 Å². The van der Waals surface area contributed by atoms with E-state index < -0.39 is 5.60 Å². The van der Waals surface area contributed by atoms with E-state index in [0.717, 1.165) is 29.3 Å². The van der Waals surface area contributed by atoms with Crippen LogP contribution in [0.2, 0.25) is 0 Å². The topological polar surface area (TPSA) is 38.3 Å². The maximum absolute atomic E-state index is 12.0. The first kappa shape index (κ1) is 14.4. The Labute approximate surface area is 122 Å². The lowest BCUT2D eigenvalue weighted by atomic mass is 9.72. The molecule has 0 radical (unpaired) electrons. The molecule has 1 aliphatic carbocycles. The number of alkyl carbamates (subject to hydrolysis) is 1. The minimum atomic E-state index is -0.469. The Bertz CT molecular complexity index is 475. The normalized spacial score (nSPS) is 17.5. The molecule has 0 saturated heterocycles. The first-order chi connectivity index (χ1) is 8.82. The summed E-state index contributed by atoms with van der Waals surface area (Å²) in [7, 11) is 0. The highest BCUT2D eigenvalue weighted by Crippen LogP contribution is 2.44. The van der Waals surface area contributed by atoms with E-state index in [1.807, 2.05) is 39.0 Å². The van der Waals surface area contributed by atoms with Gasteiger partial charge >= 0.3 is 6.09 Å². The number of benzene rings is 1. The zero-order valence-corrected chi connectivity index (χ0v) is 13.2. The molecular formula is C15H20BrNO2. The van der Waals surface area contributed by atoms with Crippen molar-refractivity contribution in [2.45, 2.75) is 51.2 Å². The summed E-state index contributed by atoms with van der Waals surface area (Å²) in [5.41, 5.74) is 0.387. The predicted octanol–water partition coefficient (Wildman–Crippen LogP) is 4.35. The molecule has 0 aromatic heterocycles. The molecule has 2 rings (SSSR count). The van der Waals surface area contributed by atoms with Crippen molar-refractivity contribution in [2.75, 3.05) is 0 Å². The Morgan fingerprint density at radius 2 is 1.95 bits per heavy atom. The Balaban J connectivity index is 2.16. The van der Waals surface area contributed by atoms with Crippen LogP contribution in [0.1, 0.15) is 45.6 Å². The molecule has 1 amide bonds. The summed E-state index contributed by atoms with van der Waals surface area (Å²) >= 11 is 3.57. The van der Waals surface area contributed by atoms with E-state index in [4.69, 9.17) is 4.74 Å². The van der Waals surface area contributed by atoms with Crippen molar-refractivity contribution >= 4 is 22.0 Å². The molecule has 0 unspecified atom stereocenters. The molecule has 0 heterocycles. The number of nitrogens with one attached hydrogen (secondary N) is 1. The van der Waals surface area contributed by atoms with Crippen LogP contribution in [0.4, 0.5) is 4.79 Å². The van der Waals surface area contributed by atoms with E-state index in [0.29, 0.717) is 0 Å². The van der Waals surface area contributed by atoms with E-state index in [1.165, 1.54) is 0 Å². The number of ether oxygens (including phenoxy) is 1. The molecule has 0 bridgehead atoms. The highest BCUT2D eigenvalue weighted by molar-refractivity contribution is 9.10. The van der Waals surface area contributed by atoms with Crippen LogP contribution in [-0.4, -0.2) is 11.7 Å². The molecule has 0 aliphatic heterocycles. The largest absolute Gasteiger partial charge is 0.444 e. The van der Waals surface area contributed by atoms with Gasteiger partial charge in [-0.2, -0.15) is 0 Å². The smallest absolute Gasteiger partial charge is 0.408 e. The average Bonchev–Trinajstić information content (AvgIpc) is 2.22. The van der Waals surface area contributed by atoms with Gasteiger partial charge in [-0.15, -0.1) is 0 Å². The highest BCUT2D eigenvalue weighted by atomic mass is 79.9. The molecule has 1 N–H and O–H groups in total. The van der Waals surface area contributed by atoms with Crippen LogP contribution in [0.5, 0.6) is 0 Å². The molecule has 1 saturated carbocycles. The standard InChI is InChI=1S/C15H20BrNO2/c1-14(2,3)19-13(18)17-15(9-6-10-15)11-7-4-5-8-12(11)16/h4-5,7-8H,6,9-10H2,1-3H3,(H,17,18). The molecular weight excluding hydrogens is 306 g/mol. The molecule has 4 heteroatoms. The minimum absolute atomic E-state index is 0.275. The molecule has 19 heavy (non-hydrogen) atoms. The third kappa shape index (κ3) is 3.30. The Hall–Kier alpha value is -1.03. The number of carbonyl (C=O) groups excluding carboxylic acids is 1. The Kier molecular flexibility index (Phi) is 3.90. The summed E-state index contributed by atoms with van der Waals surface area (Å²) in [6.45, 7) is 5.62. The summed E-state index contributed by atoms with van der Waals surface area (Å²) in [6.07, 6.45) is 2.68. The maximum atomic E-state index is 12.0. The monoisotopic (exact) mass is 325 g/mol. The lowest BCUT2D eigenvalue weighted by Crippen LogP contribution is -2.52. The van der Waals surface area contributed by atoms with Gasteiger partial charge in [0, 0.05) is 4.47 Å². The molecule has 0 atom stereocenters. The third-order valence-corrected chi connectivity index (χ3v) is 4.03. The second-order valence-electron chi connectivity index (χ2n) is 6.04. The van der Waals surface area contributed by atoms with Crippen molar-refractivity contribution in [2.24, 2.45) is 0 Å². The SMILES string of the molecule is CC(C)(C)OC(=O)NC1(c2ccccc2Br)CCC1. The van der Waals surface area contributed by atoms with Crippen LogP contribution >= 0.6 is 15.9 Å². The first-order valence-corrected chi connectivity index (χ1v) is 7.38. The number of hydrogen-bond donors (Lipinski definition) is 1. The molecule has 1 aromatic carbocycles. The first-order valence-electron chi connectivity index (χ1n) is 6.59. The van der Waals surface area contributed by atoms with E-state index in [2.05, 4.69) is 27.3 Å². The van der Waals surface area contributed by atoms with Gasteiger partial charge in [0.1, 0.15) is 5.60 Å². The van der Waals surface area contributed by atoms with Crippen molar-refractivity contribution in [3.05, 3.63) is 34.3 Å². The van der Waals surface area contributed by atoms with Crippen molar-refractivity contribution in [3.63, 3.8) is 0 Å². The Morgan fingerprint density at radius 3 is 2.42 bits per heavy atom. The minimum Gasteiger partial charge on any atom is -0.444 e. The second kappa shape index (κ2) is 5.16. The molecule has 1 aromatic rings. The fraction of sp³-hybridized carbons (Fsp3) is 0.533. The van der Waals surface area contributed by atoms with Crippen LogP contribution in [0, 0.1) is 0 Å². The lowest BCUT2D eigenvalue weighted by Gasteiger charge is -2.43. The molecule has 0 spiro atoms. The van der Waals surface area contributed by atoms with E-state index in [9.17, 15) is 4.79 Å². The van der Waals surface area contributed by atoms with E-state index in [-0.39, 0.29) is 11.6 Å². The zero-order chi connectivity index (χ0) is 14.1. The molecule has 3 nitrogen and oxygen atoms in total. The van der Waals surface area contributed by atoms with E-state index >= 15 is 0 Å². The van der Waals surface area contributed by atoms with Crippen molar-refractivity contribution < 1.29 is 9.53 Å². The average molecular weight is 326 g/mol. The van der Waals surface area contributed by atoms with E-state index in [1.54, 1.807) is 0 Å². The predicted molar refractivity (Wildman–Crippen MR) is 79.0 cm³/mol. The fourth-order valence-electron chi connectivity index (χ4n) is 2.34. The highest BCUT2D eigenvalue weighted by Gasteiger charge is 2.42. The lowest BCUT2D eigenvalue weighted by molar-refractivity contribution is 0.0376. The molecule has 1 fully saturated rings. The van der Waals surface area contributed by atoms with Crippen LogP contribution in [0.3, 0.4) is 0 Å². The zero-order valence-electron chi connectivity index (χ0n) is 11.6. The quantitative estimate of drug-likeness (QED) is 0.877. The van der Waals surface area contributed by atoms with Crippen LogP contribution in [0.25, 0.3) is 0 Å². The molecule has 104 valence electrons. The Morgan fingerprint density at radius 1 is 1.32 bits per heavy atom. The number of amides is 1. The van der Waals surface area contributed by atoms with Gasteiger partial charge in [0.05, 0.1) is 5.54 Å². The maximum Gasteiger partial charge on any atom is 0.408 e. The van der Waals surface area contributed by atoms with Crippen molar-refractivity contribution in [1.82, 2.24) is 5.32 Å². The van der Waals surface area contributed by atoms with Gasteiger partial charge in [0.2, 0.25) is 0 Å². The summed E-state index contributed by atoms with van der Waals surface area (Å²) in [6, 6.07) is 8.04. The van der Waals surface area contributed by atoms with Gasteiger partial charge in [-0.3, -0.25) is 0 Å². The van der Waals surface area contributed by atoms with Crippen molar-refractivity contribution in [1.29, 1.82) is 0 Å². The van der Waals surface area contributed by atoms with Gasteiger partial charge in [-0.25, -0.2) is 4.79 Å². The van der Waals surface area contributed by atoms with Crippen LogP contribution < -0.4 is 5.32 Å². The number of halogens is 1. The molecule has 1 aliphatic rings. The van der Waals surface area contributed by atoms with Gasteiger partial charge in [0.15, 0.2) is 0 Å². The van der Waals surface area contributed by atoms with Gasteiger partial charge in [-0.1, -0.05) is 34.1 Å². The summed E-state index contributed by atoms with van der Waals surface area (Å²) in [5, 5.41) is 3.05. The van der Waals surface area contributed by atoms with Gasteiger partial charge in [0.25, 0.3) is 0 Å². The summed E-state index contributed by atoms with van der Waals surface area (Å²) in [5.74, 6) is 0.